The van der Waals surface area contributed by atoms with Gasteiger partial charge in [-0.15, -0.1) is 0 Å². The molecule has 0 bridgehead atoms. The molecule has 19 heavy (non-hydrogen) atoms. The maximum absolute atomic E-state index is 11.8. The number of anilines is 1. The molecule has 0 radical (unpaired) electrons. The van der Waals surface area contributed by atoms with E-state index in [0.29, 0.717) is 11.6 Å². The summed E-state index contributed by atoms with van der Waals surface area (Å²) in [5.41, 5.74) is 0.648. The van der Waals surface area contributed by atoms with Crippen LogP contribution in [-0.4, -0.2) is 23.1 Å². The molecule has 0 aromatic heterocycles. The van der Waals surface area contributed by atoms with Gasteiger partial charge in [0.2, 0.25) is 0 Å². The number of nitrogens with one attached hydrogen (secondary N) is 2. The maximum Gasteiger partial charge on any atom is 0.335 e. The van der Waals surface area contributed by atoms with Gasteiger partial charge in [-0.3, -0.25) is 0 Å². The minimum atomic E-state index is -1.01. The molecule has 2 atom stereocenters. The first kappa shape index (κ1) is 13.4. The molecule has 102 valence electrons. The molecule has 1 fully saturated rings. The summed E-state index contributed by atoms with van der Waals surface area (Å²) in [6.45, 7) is 2.13. The maximum atomic E-state index is 11.8. The van der Waals surface area contributed by atoms with Gasteiger partial charge >= 0.3 is 12.0 Å². The molecular weight excluding hydrogens is 244 g/mol. The summed E-state index contributed by atoms with van der Waals surface area (Å²) in [6, 6.07) is 6.15. The molecule has 1 saturated carbocycles. The lowest BCUT2D eigenvalue weighted by atomic mass is 10.1. The van der Waals surface area contributed by atoms with Gasteiger partial charge in [-0.25, -0.2) is 9.59 Å². The Morgan fingerprint density at radius 1 is 1.32 bits per heavy atom. The van der Waals surface area contributed by atoms with Crippen molar-refractivity contribution >= 4 is 17.7 Å². The number of urea groups is 1. The van der Waals surface area contributed by atoms with Crippen LogP contribution >= 0.6 is 0 Å². The van der Waals surface area contributed by atoms with Gasteiger partial charge in [0.15, 0.2) is 0 Å². The molecule has 0 spiro atoms. The molecule has 0 saturated heterocycles. The van der Waals surface area contributed by atoms with Crippen molar-refractivity contribution in [1.29, 1.82) is 0 Å². The summed E-state index contributed by atoms with van der Waals surface area (Å²) < 4.78 is 0. The van der Waals surface area contributed by atoms with Gasteiger partial charge in [-0.05, 0) is 37.0 Å². The minimum absolute atomic E-state index is 0.159. The van der Waals surface area contributed by atoms with Gasteiger partial charge in [0.25, 0.3) is 0 Å². The van der Waals surface area contributed by atoms with Crippen LogP contribution in [0.3, 0.4) is 0 Å². The molecule has 1 aliphatic carbocycles. The number of carbonyl (C=O) groups excluding carboxylic acids is 1. The zero-order chi connectivity index (χ0) is 13.8. The largest absolute Gasteiger partial charge is 0.478 e. The van der Waals surface area contributed by atoms with E-state index in [-0.39, 0.29) is 17.6 Å². The number of aromatic carboxylic acids is 1. The van der Waals surface area contributed by atoms with Crippen LogP contribution in [0.1, 0.15) is 36.5 Å². The van der Waals surface area contributed by atoms with E-state index in [0.717, 1.165) is 19.3 Å². The Hall–Kier alpha value is -2.04. The highest BCUT2D eigenvalue weighted by Crippen LogP contribution is 2.24. The highest BCUT2D eigenvalue weighted by atomic mass is 16.4. The van der Waals surface area contributed by atoms with Crippen LogP contribution in [0.5, 0.6) is 0 Å². The normalized spacial score (nSPS) is 21.9. The Bertz CT molecular complexity index is 487. The zero-order valence-electron chi connectivity index (χ0n) is 10.8. The van der Waals surface area contributed by atoms with Crippen LogP contribution in [0.2, 0.25) is 0 Å². The van der Waals surface area contributed by atoms with E-state index in [1.807, 2.05) is 0 Å². The van der Waals surface area contributed by atoms with Crippen molar-refractivity contribution in [2.45, 2.75) is 32.2 Å². The number of benzene rings is 1. The van der Waals surface area contributed by atoms with E-state index in [1.165, 1.54) is 12.1 Å². The van der Waals surface area contributed by atoms with E-state index in [9.17, 15) is 9.59 Å². The van der Waals surface area contributed by atoms with Gasteiger partial charge in [0.05, 0.1) is 5.56 Å². The second kappa shape index (κ2) is 5.73. The van der Waals surface area contributed by atoms with Crippen molar-refractivity contribution in [2.75, 3.05) is 5.32 Å². The summed E-state index contributed by atoms with van der Waals surface area (Å²) in [4.78, 5) is 22.7. The van der Waals surface area contributed by atoms with E-state index in [4.69, 9.17) is 5.11 Å². The molecular formula is C14H18N2O3. The van der Waals surface area contributed by atoms with Crippen LogP contribution in [-0.2, 0) is 0 Å². The van der Waals surface area contributed by atoms with E-state index in [2.05, 4.69) is 17.6 Å². The fraction of sp³-hybridized carbons (Fsp3) is 0.429. The SMILES string of the molecule is CC1CCCC1NC(=O)Nc1cccc(C(=O)O)c1. The Morgan fingerprint density at radius 3 is 2.74 bits per heavy atom. The molecule has 3 N–H and O–H groups in total. The van der Waals surface area contributed by atoms with Crippen molar-refractivity contribution in [1.82, 2.24) is 5.32 Å². The Balaban J connectivity index is 1.95. The molecule has 0 heterocycles. The molecule has 2 rings (SSSR count). The van der Waals surface area contributed by atoms with Crippen molar-refractivity contribution < 1.29 is 14.7 Å². The predicted octanol–water partition coefficient (Wildman–Crippen LogP) is 2.69. The number of carboxylic acid groups (broad SMARTS) is 1. The minimum Gasteiger partial charge on any atom is -0.478 e. The van der Waals surface area contributed by atoms with E-state index in [1.54, 1.807) is 12.1 Å². The van der Waals surface area contributed by atoms with Crippen LogP contribution < -0.4 is 10.6 Å². The Labute approximate surface area is 112 Å². The molecule has 1 aromatic rings. The van der Waals surface area contributed by atoms with Gasteiger partial charge in [0.1, 0.15) is 0 Å². The molecule has 2 amide bonds. The van der Waals surface area contributed by atoms with Crippen molar-refractivity contribution in [3.05, 3.63) is 29.8 Å². The average molecular weight is 262 g/mol. The topological polar surface area (TPSA) is 78.4 Å². The van der Waals surface area contributed by atoms with E-state index < -0.39 is 5.97 Å². The average Bonchev–Trinajstić information content (AvgIpc) is 2.75. The van der Waals surface area contributed by atoms with E-state index >= 15 is 0 Å². The number of rotatable bonds is 3. The fourth-order valence-corrected chi connectivity index (χ4v) is 2.43. The number of hydrogen-bond acceptors (Lipinski definition) is 2. The third kappa shape index (κ3) is 3.47. The number of carboxylic acids is 1. The Morgan fingerprint density at radius 2 is 2.11 bits per heavy atom. The first-order chi connectivity index (χ1) is 9.06. The molecule has 0 aliphatic heterocycles. The quantitative estimate of drug-likeness (QED) is 0.783. The fourth-order valence-electron chi connectivity index (χ4n) is 2.43. The lowest BCUT2D eigenvalue weighted by Crippen LogP contribution is -2.39. The van der Waals surface area contributed by atoms with Gasteiger partial charge in [-0.2, -0.15) is 0 Å². The number of carbonyl (C=O) groups is 2. The zero-order valence-corrected chi connectivity index (χ0v) is 10.8. The third-order valence-electron chi connectivity index (χ3n) is 3.55. The predicted molar refractivity (Wildman–Crippen MR) is 72.4 cm³/mol. The first-order valence-corrected chi connectivity index (χ1v) is 6.47. The summed E-state index contributed by atoms with van der Waals surface area (Å²) in [6.07, 6.45) is 3.28. The van der Waals surface area contributed by atoms with Crippen LogP contribution in [0.25, 0.3) is 0 Å². The molecule has 1 aromatic carbocycles. The third-order valence-corrected chi connectivity index (χ3v) is 3.55. The summed E-state index contributed by atoms with van der Waals surface area (Å²) in [5.74, 6) is -0.510. The van der Waals surface area contributed by atoms with Crippen LogP contribution in [0.4, 0.5) is 10.5 Å². The van der Waals surface area contributed by atoms with Crippen LogP contribution in [0, 0.1) is 5.92 Å². The first-order valence-electron chi connectivity index (χ1n) is 6.47. The number of amides is 2. The molecule has 5 heteroatoms. The summed E-state index contributed by atoms with van der Waals surface area (Å²) in [7, 11) is 0. The van der Waals surface area contributed by atoms with Crippen molar-refractivity contribution in [3.63, 3.8) is 0 Å². The Kier molecular flexibility index (Phi) is 4.04. The highest BCUT2D eigenvalue weighted by Gasteiger charge is 2.24. The lowest BCUT2D eigenvalue weighted by molar-refractivity contribution is 0.0697. The molecule has 2 unspecified atom stereocenters. The van der Waals surface area contributed by atoms with Crippen LogP contribution in [0.15, 0.2) is 24.3 Å². The van der Waals surface area contributed by atoms with Gasteiger partial charge < -0.3 is 15.7 Å². The van der Waals surface area contributed by atoms with Gasteiger partial charge in [-0.1, -0.05) is 19.4 Å². The smallest absolute Gasteiger partial charge is 0.335 e. The summed E-state index contributed by atoms with van der Waals surface area (Å²) in [5, 5.41) is 14.5. The monoisotopic (exact) mass is 262 g/mol. The second-order valence-corrected chi connectivity index (χ2v) is 5.00. The molecule has 5 nitrogen and oxygen atoms in total. The molecule has 1 aliphatic rings. The standard InChI is InChI=1S/C14H18N2O3/c1-9-4-2-7-12(9)16-14(19)15-11-6-3-5-10(8-11)13(17)18/h3,5-6,8-9,12H,2,4,7H2,1H3,(H,17,18)(H2,15,16,19). The lowest BCUT2D eigenvalue weighted by Gasteiger charge is -2.17. The second-order valence-electron chi connectivity index (χ2n) is 5.00. The van der Waals surface area contributed by atoms with Crippen molar-refractivity contribution in [3.8, 4) is 0 Å². The van der Waals surface area contributed by atoms with Crippen molar-refractivity contribution in [2.24, 2.45) is 5.92 Å². The number of hydrogen-bond donors (Lipinski definition) is 3. The van der Waals surface area contributed by atoms with Gasteiger partial charge in [0, 0.05) is 11.7 Å². The summed E-state index contributed by atoms with van der Waals surface area (Å²) >= 11 is 0. The highest BCUT2D eigenvalue weighted by molar-refractivity contribution is 5.93.